The van der Waals surface area contributed by atoms with Gasteiger partial charge in [-0.1, -0.05) is 18.2 Å². The number of nitrogens with zero attached hydrogens (tertiary/aromatic N) is 1. The molecule has 0 aliphatic heterocycles. The molecule has 0 saturated heterocycles. The number of halogens is 1. The van der Waals surface area contributed by atoms with E-state index >= 15 is 0 Å². The Kier molecular flexibility index (Phi) is 7.44. The van der Waals surface area contributed by atoms with Crippen LogP contribution in [0.25, 0.3) is 10.8 Å². The Bertz CT molecular complexity index is 641. The van der Waals surface area contributed by atoms with Crippen LogP contribution in [0.4, 0.5) is 0 Å². The van der Waals surface area contributed by atoms with Crippen LogP contribution in [0, 0.1) is 0 Å². The van der Waals surface area contributed by atoms with Gasteiger partial charge in [0, 0.05) is 19.6 Å². The van der Waals surface area contributed by atoms with Gasteiger partial charge in [0.05, 0.1) is 7.11 Å². The Morgan fingerprint density at radius 1 is 1.14 bits per heavy atom. The van der Waals surface area contributed by atoms with Crippen LogP contribution in [-0.4, -0.2) is 26.2 Å². The first-order chi connectivity index (χ1) is 10.1. The van der Waals surface area contributed by atoms with E-state index in [9.17, 15) is 0 Å². The number of guanidine groups is 1. The molecule has 5 heteroatoms. The lowest BCUT2D eigenvalue weighted by Gasteiger charge is -2.14. The second-order valence-corrected chi connectivity index (χ2v) is 5.27. The van der Waals surface area contributed by atoms with Gasteiger partial charge < -0.3 is 15.4 Å². The van der Waals surface area contributed by atoms with Crippen molar-refractivity contribution in [2.24, 2.45) is 4.99 Å². The zero-order valence-corrected chi connectivity index (χ0v) is 15.8. The molecule has 0 radical (unpaired) electrons. The molecule has 120 valence electrons. The number of aliphatic imine (C=N–C) groups is 1. The maximum absolute atomic E-state index is 5.25. The minimum absolute atomic E-state index is 0. The van der Waals surface area contributed by atoms with Gasteiger partial charge in [-0.25, -0.2) is 0 Å². The Balaban J connectivity index is 0.00000242. The van der Waals surface area contributed by atoms with Gasteiger partial charge in [0.1, 0.15) is 5.75 Å². The number of nitrogens with one attached hydrogen (secondary N) is 2. The third kappa shape index (κ3) is 5.05. The Hall–Kier alpha value is -1.50. The zero-order chi connectivity index (χ0) is 15.2. The summed E-state index contributed by atoms with van der Waals surface area (Å²) in [5.41, 5.74) is 1.22. The molecule has 0 amide bonds. The molecule has 0 spiro atoms. The maximum Gasteiger partial charge on any atom is 0.191 e. The maximum atomic E-state index is 5.25. The normalized spacial score (nSPS) is 11.2. The number of rotatable bonds is 4. The molecular weight excluding hydrogens is 389 g/mol. The minimum Gasteiger partial charge on any atom is -0.497 e. The van der Waals surface area contributed by atoms with Gasteiger partial charge in [-0.05, 0) is 48.4 Å². The fourth-order valence-electron chi connectivity index (χ4n) is 2.16. The highest BCUT2D eigenvalue weighted by atomic mass is 127. The van der Waals surface area contributed by atoms with Crippen molar-refractivity contribution in [3.05, 3.63) is 42.0 Å². The molecule has 0 aliphatic rings. The Morgan fingerprint density at radius 3 is 2.45 bits per heavy atom. The van der Waals surface area contributed by atoms with Crippen LogP contribution < -0.4 is 15.4 Å². The van der Waals surface area contributed by atoms with Crippen molar-refractivity contribution in [1.29, 1.82) is 0 Å². The third-order valence-corrected chi connectivity index (χ3v) is 3.22. The molecule has 2 aromatic carbocycles. The second-order valence-electron chi connectivity index (χ2n) is 5.27. The molecule has 0 saturated carbocycles. The summed E-state index contributed by atoms with van der Waals surface area (Å²) >= 11 is 0. The average Bonchev–Trinajstić information content (AvgIpc) is 2.50. The second kappa shape index (κ2) is 8.82. The van der Waals surface area contributed by atoms with Crippen molar-refractivity contribution in [3.8, 4) is 5.75 Å². The van der Waals surface area contributed by atoms with Crippen molar-refractivity contribution in [2.45, 2.75) is 26.4 Å². The molecule has 22 heavy (non-hydrogen) atoms. The smallest absolute Gasteiger partial charge is 0.191 e. The number of hydrogen-bond acceptors (Lipinski definition) is 2. The molecular formula is C17H24IN3O. The summed E-state index contributed by atoms with van der Waals surface area (Å²) in [4.78, 5) is 4.21. The largest absolute Gasteiger partial charge is 0.497 e. The van der Waals surface area contributed by atoms with Gasteiger partial charge in [0.2, 0.25) is 0 Å². The predicted molar refractivity (Wildman–Crippen MR) is 104 cm³/mol. The highest BCUT2D eigenvalue weighted by Gasteiger charge is 2.02. The standard InChI is InChI=1S/C17H23N3O.HI/c1-12(2)20-17(18-3)19-11-13-5-6-15-10-16(21-4)8-7-14(15)9-13;/h5-10,12H,11H2,1-4H3,(H2,18,19,20);1H. The van der Waals surface area contributed by atoms with Gasteiger partial charge in [-0.2, -0.15) is 0 Å². The molecule has 0 bridgehead atoms. The number of benzene rings is 2. The number of fused-ring (bicyclic) bond motifs is 1. The quantitative estimate of drug-likeness (QED) is 0.458. The van der Waals surface area contributed by atoms with Crippen molar-refractivity contribution >= 4 is 40.7 Å². The monoisotopic (exact) mass is 413 g/mol. The topological polar surface area (TPSA) is 45.7 Å². The molecule has 2 rings (SSSR count). The zero-order valence-electron chi connectivity index (χ0n) is 13.5. The van der Waals surface area contributed by atoms with Crippen LogP contribution in [0.15, 0.2) is 41.4 Å². The molecule has 0 atom stereocenters. The van der Waals surface area contributed by atoms with E-state index in [0.29, 0.717) is 6.04 Å². The number of hydrogen-bond donors (Lipinski definition) is 2. The van der Waals surface area contributed by atoms with E-state index in [-0.39, 0.29) is 24.0 Å². The summed E-state index contributed by atoms with van der Waals surface area (Å²) < 4.78 is 5.25. The summed E-state index contributed by atoms with van der Waals surface area (Å²) in [7, 11) is 3.47. The van der Waals surface area contributed by atoms with E-state index in [1.54, 1.807) is 14.2 Å². The average molecular weight is 413 g/mol. The molecule has 4 nitrogen and oxygen atoms in total. The van der Waals surface area contributed by atoms with Crippen molar-refractivity contribution in [2.75, 3.05) is 14.2 Å². The molecule has 0 unspecified atom stereocenters. The Labute approximate surface area is 149 Å². The third-order valence-electron chi connectivity index (χ3n) is 3.22. The highest BCUT2D eigenvalue weighted by molar-refractivity contribution is 14.0. The predicted octanol–water partition coefficient (Wildman–Crippen LogP) is 3.54. The van der Waals surface area contributed by atoms with Crippen LogP contribution >= 0.6 is 24.0 Å². The van der Waals surface area contributed by atoms with E-state index in [1.807, 2.05) is 12.1 Å². The first-order valence-corrected chi connectivity index (χ1v) is 7.16. The SMILES string of the molecule is CN=C(NCc1ccc2cc(OC)ccc2c1)NC(C)C.I. The van der Waals surface area contributed by atoms with Crippen molar-refractivity contribution in [3.63, 3.8) is 0 Å². The summed E-state index contributed by atoms with van der Waals surface area (Å²) in [6, 6.07) is 12.9. The van der Waals surface area contributed by atoms with E-state index in [0.717, 1.165) is 18.3 Å². The molecule has 0 heterocycles. The number of methoxy groups -OCH3 is 1. The van der Waals surface area contributed by atoms with Crippen molar-refractivity contribution < 1.29 is 4.74 Å². The molecule has 2 N–H and O–H groups in total. The summed E-state index contributed by atoms with van der Waals surface area (Å²) in [6.45, 7) is 4.93. The molecule has 0 fully saturated rings. The van der Waals surface area contributed by atoms with Gasteiger partial charge >= 0.3 is 0 Å². The lowest BCUT2D eigenvalue weighted by atomic mass is 10.1. The highest BCUT2D eigenvalue weighted by Crippen LogP contribution is 2.21. The first-order valence-electron chi connectivity index (χ1n) is 7.16. The van der Waals surface area contributed by atoms with E-state index in [4.69, 9.17) is 4.74 Å². The van der Waals surface area contributed by atoms with E-state index in [2.05, 4.69) is 53.7 Å². The fourth-order valence-corrected chi connectivity index (χ4v) is 2.16. The van der Waals surface area contributed by atoms with Gasteiger partial charge in [-0.3, -0.25) is 4.99 Å². The van der Waals surface area contributed by atoms with E-state index in [1.165, 1.54) is 16.3 Å². The van der Waals surface area contributed by atoms with Crippen LogP contribution in [-0.2, 0) is 6.54 Å². The lowest BCUT2D eigenvalue weighted by Crippen LogP contribution is -2.40. The summed E-state index contributed by atoms with van der Waals surface area (Å²) in [5, 5.41) is 8.99. The van der Waals surface area contributed by atoms with E-state index < -0.39 is 0 Å². The lowest BCUT2D eigenvalue weighted by molar-refractivity contribution is 0.415. The van der Waals surface area contributed by atoms with Gasteiger partial charge in [-0.15, -0.1) is 24.0 Å². The van der Waals surface area contributed by atoms with Crippen molar-refractivity contribution in [1.82, 2.24) is 10.6 Å². The Morgan fingerprint density at radius 2 is 1.82 bits per heavy atom. The first kappa shape index (κ1) is 18.5. The molecule has 0 aromatic heterocycles. The summed E-state index contributed by atoms with van der Waals surface area (Å²) in [6.07, 6.45) is 0. The fraction of sp³-hybridized carbons (Fsp3) is 0.353. The van der Waals surface area contributed by atoms with Crippen LogP contribution in [0.3, 0.4) is 0 Å². The number of ether oxygens (including phenoxy) is 1. The minimum atomic E-state index is 0. The van der Waals surface area contributed by atoms with Crippen LogP contribution in [0.5, 0.6) is 5.75 Å². The molecule has 0 aliphatic carbocycles. The van der Waals surface area contributed by atoms with Gasteiger partial charge in [0.25, 0.3) is 0 Å². The molecule has 2 aromatic rings. The van der Waals surface area contributed by atoms with Crippen LogP contribution in [0.2, 0.25) is 0 Å². The van der Waals surface area contributed by atoms with Crippen LogP contribution in [0.1, 0.15) is 19.4 Å². The summed E-state index contributed by atoms with van der Waals surface area (Å²) in [5.74, 6) is 1.70. The van der Waals surface area contributed by atoms with Gasteiger partial charge in [0.15, 0.2) is 5.96 Å².